The van der Waals surface area contributed by atoms with E-state index >= 15 is 0 Å². The van der Waals surface area contributed by atoms with Crippen molar-refractivity contribution in [2.75, 3.05) is 0 Å². The third kappa shape index (κ3) is 3.99. The summed E-state index contributed by atoms with van der Waals surface area (Å²) in [6.45, 7) is 3.97. The van der Waals surface area contributed by atoms with Crippen molar-refractivity contribution >= 4 is 43.5 Å². The summed E-state index contributed by atoms with van der Waals surface area (Å²) in [6.07, 6.45) is 0. The normalized spacial score (nSPS) is 11.6. The molecule has 0 amide bonds. The fourth-order valence-corrected chi connectivity index (χ4v) is 6.68. The first-order chi connectivity index (χ1) is 21.5. The van der Waals surface area contributed by atoms with Gasteiger partial charge in [-0.3, -0.25) is 0 Å². The first-order valence-corrected chi connectivity index (χ1v) is 14.6. The summed E-state index contributed by atoms with van der Waals surface area (Å²) in [5, 5.41) is 6.17. The van der Waals surface area contributed by atoms with Gasteiger partial charge < -0.3 is 8.83 Å². The van der Waals surface area contributed by atoms with Gasteiger partial charge in [-0.2, -0.15) is 0 Å². The number of hydrogen-bond acceptors (Lipinski definition) is 4. The molecule has 8 aromatic rings. The second kappa shape index (κ2) is 9.92. The zero-order valence-corrected chi connectivity index (χ0v) is 24.2. The largest absolute Gasteiger partial charge is 0.422 e. The van der Waals surface area contributed by atoms with Gasteiger partial charge in [0.2, 0.25) is 0 Å². The lowest BCUT2D eigenvalue weighted by Gasteiger charge is -2.13. The molecule has 0 aliphatic heterocycles. The van der Waals surface area contributed by atoms with Crippen LogP contribution < -0.4 is 11.3 Å². The maximum atomic E-state index is 13.3. The fourth-order valence-electron chi connectivity index (χ4n) is 6.68. The highest BCUT2D eigenvalue weighted by Crippen LogP contribution is 2.36. The Morgan fingerprint density at radius 1 is 0.432 bits per heavy atom. The highest BCUT2D eigenvalue weighted by molar-refractivity contribution is 6.09. The van der Waals surface area contributed by atoms with Gasteiger partial charge in [-0.15, -0.1) is 0 Å². The first-order valence-electron chi connectivity index (χ1n) is 14.6. The van der Waals surface area contributed by atoms with Gasteiger partial charge in [-0.25, -0.2) is 9.59 Å². The Labute approximate surface area is 252 Å². The lowest BCUT2D eigenvalue weighted by molar-refractivity contribution is 0.562. The molecule has 6 aromatic carbocycles. The van der Waals surface area contributed by atoms with E-state index in [0.29, 0.717) is 22.3 Å². The standard InChI is InChI=1S/C40H26O4/c1-23-35(39(41)43-33-19-17-25-9-3-5-15-31(25)37(23)33)29-13-7-11-27(21-29)28-12-8-14-30(22-28)36-24(2)38-32-16-6-4-10-26(32)18-20-34(38)44-40(36)42/h3-22H,1-2H3. The molecule has 0 unspecified atom stereocenters. The van der Waals surface area contributed by atoms with Crippen LogP contribution in [0.15, 0.2) is 140 Å². The molecule has 0 fully saturated rings. The predicted molar refractivity (Wildman–Crippen MR) is 179 cm³/mol. The summed E-state index contributed by atoms with van der Waals surface area (Å²) in [6, 6.07) is 39.8. The second-order valence-corrected chi connectivity index (χ2v) is 11.3. The third-order valence-corrected chi connectivity index (χ3v) is 8.73. The Bertz CT molecular complexity index is 2390. The van der Waals surface area contributed by atoms with Crippen molar-refractivity contribution < 1.29 is 8.83 Å². The lowest BCUT2D eigenvalue weighted by atomic mass is 9.92. The van der Waals surface area contributed by atoms with E-state index in [1.54, 1.807) is 0 Å². The lowest BCUT2D eigenvalue weighted by Crippen LogP contribution is -2.06. The minimum absolute atomic E-state index is 0.368. The van der Waals surface area contributed by atoms with Gasteiger partial charge in [0.1, 0.15) is 11.2 Å². The molecule has 4 heteroatoms. The zero-order valence-electron chi connectivity index (χ0n) is 24.2. The average molecular weight is 571 g/mol. The van der Waals surface area contributed by atoms with Crippen LogP contribution in [0.3, 0.4) is 0 Å². The minimum Gasteiger partial charge on any atom is -0.422 e. The molecule has 0 saturated heterocycles. The average Bonchev–Trinajstić information content (AvgIpc) is 3.04. The van der Waals surface area contributed by atoms with Crippen LogP contribution in [0.2, 0.25) is 0 Å². The number of aryl methyl sites for hydroxylation is 2. The third-order valence-electron chi connectivity index (χ3n) is 8.73. The van der Waals surface area contributed by atoms with Crippen LogP contribution in [-0.2, 0) is 0 Å². The Kier molecular flexibility index (Phi) is 5.85. The monoisotopic (exact) mass is 570 g/mol. The highest BCUT2D eigenvalue weighted by Gasteiger charge is 2.18. The van der Waals surface area contributed by atoms with Crippen molar-refractivity contribution in [3.8, 4) is 33.4 Å². The van der Waals surface area contributed by atoms with Crippen molar-refractivity contribution in [1.29, 1.82) is 0 Å². The van der Waals surface area contributed by atoms with Crippen LogP contribution in [0.25, 0.3) is 76.9 Å². The van der Waals surface area contributed by atoms with Crippen molar-refractivity contribution in [2.45, 2.75) is 13.8 Å². The summed E-state index contributed by atoms with van der Waals surface area (Å²) >= 11 is 0. The highest BCUT2D eigenvalue weighted by atomic mass is 16.4. The number of fused-ring (bicyclic) bond motifs is 6. The van der Waals surface area contributed by atoms with E-state index in [1.807, 2.05) is 111 Å². The molecular formula is C40H26O4. The van der Waals surface area contributed by atoms with Gasteiger partial charge >= 0.3 is 11.3 Å². The van der Waals surface area contributed by atoms with Crippen LogP contribution in [0.5, 0.6) is 0 Å². The van der Waals surface area contributed by atoms with E-state index in [2.05, 4.69) is 24.3 Å². The Morgan fingerprint density at radius 2 is 0.841 bits per heavy atom. The van der Waals surface area contributed by atoms with E-state index in [1.165, 1.54) is 0 Å². The van der Waals surface area contributed by atoms with Gasteiger partial charge in [0.25, 0.3) is 0 Å². The fraction of sp³-hybridized carbons (Fsp3) is 0.0500. The number of hydrogen-bond donors (Lipinski definition) is 0. The Balaban J connectivity index is 1.28. The zero-order chi connectivity index (χ0) is 29.9. The quantitative estimate of drug-likeness (QED) is 0.157. The summed E-state index contributed by atoms with van der Waals surface area (Å²) in [4.78, 5) is 26.7. The van der Waals surface area contributed by atoms with Gasteiger partial charge in [-0.05, 0) is 93.0 Å². The summed E-state index contributed by atoms with van der Waals surface area (Å²) in [7, 11) is 0. The van der Waals surface area contributed by atoms with Gasteiger partial charge in [0, 0.05) is 10.8 Å². The molecule has 2 heterocycles. The van der Waals surface area contributed by atoms with Crippen LogP contribution in [0.1, 0.15) is 11.1 Å². The molecular weight excluding hydrogens is 544 g/mol. The van der Waals surface area contributed by atoms with Crippen molar-refractivity contribution in [3.63, 3.8) is 0 Å². The Morgan fingerprint density at radius 3 is 1.30 bits per heavy atom. The van der Waals surface area contributed by atoms with Crippen molar-refractivity contribution in [1.82, 2.24) is 0 Å². The maximum Gasteiger partial charge on any atom is 0.344 e. The van der Waals surface area contributed by atoms with Crippen LogP contribution in [0, 0.1) is 13.8 Å². The minimum atomic E-state index is -0.368. The molecule has 0 aliphatic carbocycles. The second-order valence-electron chi connectivity index (χ2n) is 11.3. The molecule has 0 N–H and O–H groups in total. The first kappa shape index (κ1) is 25.9. The number of benzene rings is 6. The van der Waals surface area contributed by atoms with Gasteiger partial charge in [-0.1, -0.05) is 97.1 Å². The molecule has 2 aromatic heterocycles. The van der Waals surface area contributed by atoms with Crippen LogP contribution in [-0.4, -0.2) is 0 Å². The van der Waals surface area contributed by atoms with Gasteiger partial charge in [0.05, 0.1) is 11.1 Å². The topological polar surface area (TPSA) is 60.4 Å². The van der Waals surface area contributed by atoms with E-state index < -0.39 is 0 Å². The smallest absolute Gasteiger partial charge is 0.344 e. The summed E-state index contributed by atoms with van der Waals surface area (Å²) in [5.41, 5.74) is 6.70. The van der Waals surface area contributed by atoms with Crippen molar-refractivity contribution in [2.24, 2.45) is 0 Å². The van der Waals surface area contributed by atoms with E-state index in [9.17, 15) is 9.59 Å². The molecule has 0 spiro atoms. The molecule has 0 aliphatic rings. The van der Waals surface area contributed by atoms with Gasteiger partial charge in [0.15, 0.2) is 0 Å². The Hall–Kier alpha value is -5.74. The molecule has 0 radical (unpaired) electrons. The maximum absolute atomic E-state index is 13.3. The van der Waals surface area contributed by atoms with Crippen LogP contribution in [0.4, 0.5) is 0 Å². The molecule has 0 atom stereocenters. The predicted octanol–water partition coefficient (Wildman–Crippen LogP) is 9.82. The van der Waals surface area contributed by atoms with Crippen molar-refractivity contribution in [3.05, 3.63) is 153 Å². The summed E-state index contributed by atoms with van der Waals surface area (Å²) in [5.74, 6) is 0. The molecule has 44 heavy (non-hydrogen) atoms. The van der Waals surface area contributed by atoms with E-state index in [4.69, 9.17) is 8.83 Å². The molecule has 210 valence electrons. The van der Waals surface area contributed by atoms with Crippen LogP contribution >= 0.6 is 0 Å². The SMILES string of the molecule is Cc1c(-c2cccc(-c3cccc(-c4c(C)c5c(ccc6ccccc65)oc4=O)c3)c2)c(=O)oc2ccc3ccccc3c12. The molecule has 0 bridgehead atoms. The van der Waals surface area contributed by atoms with E-state index in [-0.39, 0.29) is 11.3 Å². The molecule has 0 saturated carbocycles. The molecule has 4 nitrogen and oxygen atoms in total. The van der Waals surface area contributed by atoms with E-state index in [0.717, 1.165) is 65.7 Å². The summed E-state index contributed by atoms with van der Waals surface area (Å²) < 4.78 is 11.7. The number of rotatable bonds is 3. The molecule has 8 rings (SSSR count).